The summed E-state index contributed by atoms with van der Waals surface area (Å²) in [6, 6.07) is 7.49. The van der Waals surface area contributed by atoms with E-state index in [2.05, 4.69) is 4.74 Å². The summed E-state index contributed by atoms with van der Waals surface area (Å²) in [5.41, 5.74) is -0.366. The fourth-order valence-corrected chi connectivity index (χ4v) is 2.01. The van der Waals surface area contributed by atoms with E-state index in [0.29, 0.717) is 0 Å². The zero-order valence-corrected chi connectivity index (χ0v) is 12.8. The van der Waals surface area contributed by atoms with Gasteiger partial charge in [-0.15, -0.1) is 0 Å². The van der Waals surface area contributed by atoms with Gasteiger partial charge in [0.25, 0.3) is 0 Å². The molecule has 0 fully saturated rings. The second kappa shape index (κ2) is 7.65. The second-order valence-corrected chi connectivity index (χ2v) is 4.90. The Morgan fingerprint density at radius 3 is 2.32 bits per heavy atom. The normalized spacial score (nSPS) is 11.9. The molecule has 2 rings (SSSR count). The van der Waals surface area contributed by atoms with E-state index in [4.69, 9.17) is 4.74 Å². The molecule has 0 heterocycles. The molecule has 2 aromatic rings. The van der Waals surface area contributed by atoms with Crippen LogP contribution < -0.4 is 9.47 Å². The highest BCUT2D eigenvalue weighted by Crippen LogP contribution is 2.29. The Kier molecular flexibility index (Phi) is 5.58. The predicted molar refractivity (Wildman–Crippen MR) is 80.5 cm³/mol. The Morgan fingerprint density at radius 2 is 1.76 bits per heavy atom. The number of nitro benzene ring substituents is 1. The van der Waals surface area contributed by atoms with Crippen LogP contribution in [0.2, 0.25) is 0 Å². The quantitative estimate of drug-likeness (QED) is 0.426. The van der Waals surface area contributed by atoms with Crippen LogP contribution in [0.3, 0.4) is 0 Å². The van der Waals surface area contributed by atoms with Gasteiger partial charge >= 0.3 is 12.3 Å². The molecule has 0 aliphatic carbocycles. The Morgan fingerprint density at radius 1 is 1.12 bits per heavy atom. The van der Waals surface area contributed by atoms with Crippen LogP contribution in [0, 0.1) is 15.9 Å². The van der Waals surface area contributed by atoms with Crippen molar-refractivity contribution in [1.29, 1.82) is 0 Å². The molecule has 0 spiro atoms. The molecular formula is C16H12F3NO5. The van der Waals surface area contributed by atoms with Crippen molar-refractivity contribution >= 4 is 11.5 Å². The van der Waals surface area contributed by atoms with Crippen molar-refractivity contribution in [2.45, 2.75) is 19.6 Å². The molecule has 0 amide bonds. The van der Waals surface area contributed by atoms with Gasteiger partial charge in [0.1, 0.15) is 11.6 Å². The van der Waals surface area contributed by atoms with Gasteiger partial charge in [0.05, 0.1) is 4.92 Å². The van der Waals surface area contributed by atoms with E-state index in [1.165, 1.54) is 31.2 Å². The molecule has 0 saturated carbocycles. The molecule has 0 aliphatic heterocycles. The van der Waals surface area contributed by atoms with Gasteiger partial charge in [-0.2, -0.15) is 8.78 Å². The summed E-state index contributed by atoms with van der Waals surface area (Å²) in [5.74, 6) is -1.83. The smallest absolute Gasteiger partial charge is 0.387 e. The highest BCUT2D eigenvalue weighted by molar-refractivity contribution is 5.99. The summed E-state index contributed by atoms with van der Waals surface area (Å²) < 4.78 is 46.8. The number of benzene rings is 2. The van der Waals surface area contributed by atoms with Crippen molar-refractivity contribution in [3.05, 3.63) is 64.0 Å². The Balaban J connectivity index is 2.15. The number of nitrogens with zero attached hydrogens (tertiary/aromatic N) is 1. The van der Waals surface area contributed by atoms with Crippen LogP contribution in [0.4, 0.5) is 18.9 Å². The Hall–Kier alpha value is -3.10. The maximum Gasteiger partial charge on any atom is 0.387 e. The lowest BCUT2D eigenvalue weighted by Crippen LogP contribution is -2.24. The number of carbonyl (C=O) groups excluding carboxylic acids is 1. The summed E-state index contributed by atoms with van der Waals surface area (Å²) in [6.07, 6.45) is -1.16. The maximum atomic E-state index is 13.3. The van der Waals surface area contributed by atoms with Crippen LogP contribution in [-0.4, -0.2) is 23.4 Å². The number of Topliss-reactive ketones (excluding diaryl/α,β-unsaturated/α-hetero) is 1. The molecule has 2 aromatic carbocycles. The highest BCUT2D eigenvalue weighted by atomic mass is 19.3. The predicted octanol–water partition coefficient (Wildman–Crippen LogP) is 3.99. The van der Waals surface area contributed by atoms with Gasteiger partial charge in [0.15, 0.2) is 6.10 Å². The number of hydrogen-bond acceptors (Lipinski definition) is 5. The van der Waals surface area contributed by atoms with Crippen molar-refractivity contribution in [3.8, 4) is 11.5 Å². The highest BCUT2D eigenvalue weighted by Gasteiger charge is 2.23. The zero-order chi connectivity index (χ0) is 18.6. The molecule has 0 saturated heterocycles. The van der Waals surface area contributed by atoms with Crippen molar-refractivity contribution < 1.29 is 32.4 Å². The number of ether oxygens (including phenoxy) is 2. The number of rotatable bonds is 7. The Labute approximate surface area is 139 Å². The topological polar surface area (TPSA) is 78.7 Å². The van der Waals surface area contributed by atoms with E-state index in [-0.39, 0.29) is 17.1 Å². The summed E-state index contributed by atoms with van der Waals surface area (Å²) in [4.78, 5) is 22.4. The van der Waals surface area contributed by atoms with Crippen LogP contribution in [0.5, 0.6) is 11.5 Å². The molecule has 0 N–H and O–H groups in total. The first-order valence-electron chi connectivity index (χ1n) is 6.97. The standard InChI is InChI=1S/C16H12F3NO5/c1-9(24-14-8-11(17)4-7-13(14)20(22)23)15(21)10-2-5-12(6-3-10)25-16(18)19/h2-9,16H,1H3/t9-/m0/s1. The van der Waals surface area contributed by atoms with Gasteiger partial charge in [0, 0.05) is 17.7 Å². The molecule has 25 heavy (non-hydrogen) atoms. The molecule has 9 heteroatoms. The number of nitro groups is 1. The minimum atomic E-state index is -2.99. The third-order valence-electron chi connectivity index (χ3n) is 3.16. The lowest BCUT2D eigenvalue weighted by atomic mass is 10.1. The summed E-state index contributed by atoms with van der Waals surface area (Å²) in [5, 5.41) is 10.9. The summed E-state index contributed by atoms with van der Waals surface area (Å²) in [6.45, 7) is -1.65. The van der Waals surface area contributed by atoms with Crippen LogP contribution in [0.25, 0.3) is 0 Å². The van der Waals surface area contributed by atoms with Crippen LogP contribution in [0.1, 0.15) is 17.3 Å². The van der Waals surface area contributed by atoms with Crippen molar-refractivity contribution in [2.75, 3.05) is 0 Å². The van der Waals surface area contributed by atoms with E-state index < -0.39 is 34.9 Å². The molecule has 0 aliphatic rings. The first kappa shape index (κ1) is 18.2. The lowest BCUT2D eigenvalue weighted by Gasteiger charge is -2.14. The zero-order valence-electron chi connectivity index (χ0n) is 12.8. The average molecular weight is 355 g/mol. The number of hydrogen-bond donors (Lipinski definition) is 0. The molecule has 0 unspecified atom stereocenters. The minimum Gasteiger partial charge on any atom is -0.475 e. The second-order valence-electron chi connectivity index (χ2n) is 4.90. The van der Waals surface area contributed by atoms with Crippen molar-refractivity contribution in [3.63, 3.8) is 0 Å². The first-order valence-corrected chi connectivity index (χ1v) is 6.97. The monoisotopic (exact) mass is 355 g/mol. The maximum absolute atomic E-state index is 13.3. The molecular weight excluding hydrogens is 343 g/mol. The van der Waals surface area contributed by atoms with Gasteiger partial charge < -0.3 is 9.47 Å². The third kappa shape index (κ3) is 4.69. The molecule has 0 aromatic heterocycles. The van der Waals surface area contributed by atoms with E-state index >= 15 is 0 Å². The van der Waals surface area contributed by atoms with Gasteiger partial charge in [-0.3, -0.25) is 14.9 Å². The van der Waals surface area contributed by atoms with Gasteiger partial charge in [-0.1, -0.05) is 0 Å². The Bertz CT molecular complexity index is 780. The third-order valence-corrected chi connectivity index (χ3v) is 3.16. The van der Waals surface area contributed by atoms with Crippen molar-refractivity contribution in [1.82, 2.24) is 0 Å². The average Bonchev–Trinajstić information content (AvgIpc) is 2.54. The van der Waals surface area contributed by atoms with Gasteiger partial charge in [-0.05, 0) is 37.3 Å². The van der Waals surface area contributed by atoms with Gasteiger partial charge in [-0.25, -0.2) is 4.39 Å². The van der Waals surface area contributed by atoms with Crippen LogP contribution in [-0.2, 0) is 0 Å². The number of ketones is 1. The fourth-order valence-electron chi connectivity index (χ4n) is 2.01. The summed E-state index contributed by atoms with van der Waals surface area (Å²) >= 11 is 0. The summed E-state index contributed by atoms with van der Waals surface area (Å²) in [7, 11) is 0. The van der Waals surface area contributed by atoms with E-state index in [1.54, 1.807) is 0 Å². The van der Waals surface area contributed by atoms with Gasteiger partial charge in [0.2, 0.25) is 11.5 Å². The molecule has 1 atom stereocenters. The molecule has 0 bridgehead atoms. The van der Waals surface area contributed by atoms with E-state index in [1.807, 2.05) is 0 Å². The fraction of sp³-hybridized carbons (Fsp3) is 0.188. The number of alkyl halides is 2. The van der Waals surface area contributed by atoms with Crippen LogP contribution in [0.15, 0.2) is 42.5 Å². The molecule has 132 valence electrons. The number of carbonyl (C=O) groups is 1. The minimum absolute atomic E-state index is 0.119. The SMILES string of the molecule is C[C@H](Oc1cc(F)ccc1[N+](=O)[O-])C(=O)c1ccc(OC(F)F)cc1. The van der Waals surface area contributed by atoms with Crippen molar-refractivity contribution in [2.24, 2.45) is 0 Å². The van der Waals surface area contributed by atoms with E-state index in [9.17, 15) is 28.1 Å². The van der Waals surface area contributed by atoms with Crippen LogP contribution >= 0.6 is 0 Å². The first-order chi connectivity index (χ1) is 11.8. The number of halogens is 3. The lowest BCUT2D eigenvalue weighted by molar-refractivity contribution is -0.386. The molecule has 6 nitrogen and oxygen atoms in total. The van der Waals surface area contributed by atoms with E-state index in [0.717, 1.165) is 18.2 Å². The molecule has 0 radical (unpaired) electrons. The largest absolute Gasteiger partial charge is 0.475 e.